The molecule has 0 bridgehead atoms. The first-order valence-electron chi connectivity index (χ1n) is 9.48. The van der Waals surface area contributed by atoms with Crippen LogP contribution in [0.15, 0.2) is 30.0 Å². The number of allylic oxidation sites excluding steroid dienone is 1. The van der Waals surface area contributed by atoms with E-state index in [9.17, 15) is 35.1 Å². The van der Waals surface area contributed by atoms with Gasteiger partial charge in [-0.3, -0.25) is 30.3 Å². The summed E-state index contributed by atoms with van der Waals surface area (Å²) < 4.78 is 4.79. The Morgan fingerprint density at radius 1 is 0.938 bits per heavy atom. The molecule has 2 aromatic rings. The second-order valence-corrected chi connectivity index (χ2v) is 7.41. The Labute approximate surface area is 180 Å². The molecule has 2 aromatic carbocycles. The number of carbonyl (C=O) groups excluding carboxylic acids is 1. The molecule has 0 atom stereocenters. The molecule has 0 radical (unpaired) electrons. The van der Waals surface area contributed by atoms with Gasteiger partial charge in [0.2, 0.25) is 0 Å². The van der Waals surface area contributed by atoms with Crippen molar-refractivity contribution in [1.82, 2.24) is 4.90 Å². The number of rotatable bonds is 4. The number of nitrogens with zero attached hydrogens (tertiary/aromatic N) is 4. The lowest BCUT2D eigenvalue weighted by atomic mass is 9.96. The second-order valence-electron chi connectivity index (χ2n) is 7.41. The SMILES string of the molecule is COC(=O)c1cc([N+](=O)[O-])cc2c1-c1c(cc([N+](=O)[O-])cc1[N+](=O)[O-])/C2=C1\CCCN1C. The molecule has 0 N–H and O–H groups in total. The van der Waals surface area contributed by atoms with Crippen molar-refractivity contribution in [1.29, 1.82) is 0 Å². The predicted octanol–water partition coefficient (Wildman–Crippen LogP) is 3.66. The number of esters is 1. The summed E-state index contributed by atoms with van der Waals surface area (Å²) in [6.45, 7) is 0.680. The van der Waals surface area contributed by atoms with Crippen molar-refractivity contribution in [2.24, 2.45) is 0 Å². The van der Waals surface area contributed by atoms with Gasteiger partial charge in [-0.1, -0.05) is 0 Å². The summed E-state index contributed by atoms with van der Waals surface area (Å²) in [5, 5.41) is 35.0. The van der Waals surface area contributed by atoms with Gasteiger partial charge < -0.3 is 9.64 Å². The Morgan fingerprint density at radius 2 is 1.53 bits per heavy atom. The predicted molar refractivity (Wildman–Crippen MR) is 111 cm³/mol. The molecule has 2 aliphatic rings. The third-order valence-corrected chi connectivity index (χ3v) is 5.69. The van der Waals surface area contributed by atoms with Crippen LogP contribution in [0.3, 0.4) is 0 Å². The Morgan fingerprint density at radius 3 is 2.03 bits per heavy atom. The molecule has 0 aromatic heterocycles. The molecule has 1 aliphatic heterocycles. The lowest BCUT2D eigenvalue weighted by Crippen LogP contribution is -2.12. The summed E-state index contributed by atoms with van der Waals surface area (Å²) in [5.74, 6) is -0.908. The van der Waals surface area contributed by atoms with Crippen LogP contribution in [0.1, 0.15) is 34.3 Å². The van der Waals surface area contributed by atoms with Gasteiger partial charge in [-0.05, 0) is 18.4 Å². The van der Waals surface area contributed by atoms with E-state index in [4.69, 9.17) is 4.74 Å². The van der Waals surface area contributed by atoms with Gasteiger partial charge in [0.15, 0.2) is 0 Å². The molecule has 32 heavy (non-hydrogen) atoms. The van der Waals surface area contributed by atoms with Gasteiger partial charge in [0, 0.05) is 54.2 Å². The van der Waals surface area contributed by atoms with Crippen molar-refractivity contribution in [3.05, 3.63) is 77.0 Å². The van der Waals surface area contributed by atoms with Gasteiger partial charge >= 0.3 is 5.97 Å². The standard InChI is InChI=1S/C20H16N4O8/c1-21-5-3-4-15(21)17-12-6-10(22(26)27)8-14(20(25)32-2)18(12)19-13(17)7-11(23(28)29)9-16(19)24(30)31/h6-9H,3-5H2,1-2H3/b17-15+. The highest BCUT2D eigenvalue weighted by molar-refractivity contribution is 6.12. The number of benzene rings is 2. The van der Waals surface area contributed by atoms with E-state index < -0.39 is 37.8 Å². The number of ether oxygens (including phenoxy) is 1. The lowest BCUT2D eigenvalue weighted by Gasteiger charge is -2.17. The van der Waals surface area contributed by atoms with Gasteiger partial charge in [-0.15, -0.1) is 0 Å². The zero-order valence-electron chi connectivity index (χ0n) is 17.0. The molecule has 12 nitrogen and oxygen atoms in total. The number of hydrogen-bond acceptors (Lipinski definition) is 9. The normalized spacial score (nSPS) is 16.5. The third-order valence-electron chi connectivity index (χ3n) is 5.69. The van der Waals surface area contributed by atoms with Crippen LogP contribution >= 0.6 is 0 Å². The van der Waals surface area contributed by atoms with E-state index in [2.05, 4.69) is 0 Å². The molecule has 164 valence electrons. The average molecular weight is 440 g/mol. The lowest BCUT2D eigenvalue weighted by molar-refractivity contribution is -0.393. The number of likely N-dealkylation sites (tertiary alicyclic amines) is 1. The maximum atomic E-state index is 12.6. The van der Waals surface area contributed by atoms with E-state index in [-0.39, 0.29) is 27.8 Å². The highest BCUT2D eigenvalue weighted by Crippen LogP contribution is 2.54. The van der Waals surface area contributed by atoms with E-state index in [1.54, 1.807) is 7.05 Å². The molecule has 12 heteroatoms. The summed E-state index contributed by atoms with van der Waals surface area (Å²) in [6, 6.07) is 4.29. The molecule has 0 spiro atoms. The molecule has 1 saturated heterocycles. The largest absolute Gasteiger partial charge is 0.465 e. The van der Waals surface area contributed by atoms with Crippen LogP contribution in [0.5, 0.6) is 0 Å². The smallest absolute Gasteiger partial charge is 0.338 e. The van der Waals surface area contributed by atoms with Gasteiger partial charge in [-0.2, -0.15) is 0 Å². The number of nitro benzene ring substituents is 3. The van der Waals surface area contributed by atoms with Crippen molar-refractivity contribution < 1.29 is 24.3 Å². The molecule has 1 heterocycles. The minimum Gasteiger partial charge on any atom is -0.465 e. The minimum absolute atomic E-state index is 0.00805. The zero-order chi connectivity index (χ0) is 23.3. The highest BCUT2D eigenvalue weighted by Gasteiger charge is 2.40. The third kappa shape index (κ3) is 3.04. The second kappa shape index (κ2) is 7.41. The average Bonchev–Trinajstić information content (AvgIpc) is 3.31. The van der Waals surface area contributed by atoms with Gasteiger partial charge in [0.05, 0.1) is 39.1 Å². The number of fused-ring (bicyclic) bond motifs is 3. The summed E-state index contributed by atoms with van der Waals surface area (Å²) in [6.07, 6.45) is 1.34. The number of nitro groups is 3. The van der Waals surface area contributed by atoms with Crippen molar-refractivity contribution in [3.63, 3.8) is 0 Å². The molecular weight excluding hydrogens is 424 g/mol. The van der Waals surface area contributed by atoms with Crippen molar-refractivity contribution in [3.8, 4) is 11.1 Å². The number of carbonyl (C=O) groups is 1. The fourth-order valence-corrected chi connectivity index (χ4v) is 4.37. The maximum absolute atomic E-state index is 12.6. The molecule has 0 unspecified atom stereocenters. The number of hydrogen-bond donors (Lipinski definition) is 0. The Bertz CT molecular complexity index is 1270. The Kier molecular flexibility index (Phi) is 4.84. The fraction of sp³-hybridized carbons (Fsp3) is 0.250. The monoisotopic (exact) mass is 440 g/mol. The van der Waals surface area contributed by atoms with Crippen LogP contribution in [-0.4, -0.2) is 46.3 Å². The van der Waals surface area contributed by atoms with Gasteiger partial charge in [0.1, 0.15) is 0 Å². The quantitative estimate of drug-likeness (QED) is 0.335. The molecule has 1 fully saturated rings. The first-order chi connectivity index (χ1) is 15.1. The van der Waals surface area contributed by atoms with E-state index in [0.717, 1.165) is 31.4 Å². The Hall–Kier alpha value is -4.35. The maximum Gasteiger partial charge on any atom is 0.338 e. The molecule has 0 saturated carbocycles. The molecule has 4 rings (SSSR count). The first kappa shape index (κ1) is 20.9. The van der Waals surface area contributed by atoms with E-state index >= 15 is 0 Å². The molecule has 1 aliphatic carbocycles. The van der Waals surface area contributed by atoms with Crippen molar-refractivity contribution in [2.45, 2.75) is 12.8 Å². The van der Waals surface area contributed by atoms with Crippen molar-refractivity contribution >= 4 is 28.6 Å². The summed E-state index contributed by atoms with van der Waals surface area (Å²) in [7, 11) is 2.90. The first-order valence-corrected chi connectivity index (χ1v) is 9.48. The highest BCUT2D eigenvalue weighted by atomic mass is 16.6. The van der Waals surface area contributed by atoms with Crippen LogP contribution in [0.25, 0.3) is 16.7 Å². The Balaban J connectivity index is 2.23. The van der Waals surface area contributed by atoms with Crippen LogP contribution in [-0.2, 0) is 4.74 Å². The fourth-order valence-electron chi connectivity index (χ4n) is 4.37. The van der Waals surface area contributed by atoms with Crippen LogP contribution in [0.4, 0.5) is 17.1 Å². The summed E-state index contributed by atoms with van der Waals surface area (Å²) in [5.41, 5.74) is 0.0143. The number of non-ortho nitro benzene ring substituents is 2. The molecule has 0 amide bonds. The van der Waals surface area contributed by atoms with E-state index in [0.29, 0.717) is 18.5 Å². The van der Waals surface area contributed by atoms with Crippen molar-refractivity contribution in [2.75, 3.05) is 20.7 Å². The van der Waals surface area contributed by atoms with E-state index in [1.165, 1.54) is 12.1 Å². The number of methoxy groups -OCH3 is 1. The summed E-state index contributed by atoms with van der Waals surface area (Å²) >= 11 is 0. The van der Waals surface area contributed by atoms with E-state index in [1.807, 2.05) is 4.90 Å². The zero-order valence-corrected chi connectivity index (χ0v) is 17.0. The van der Waals surface area contributed by atoms with Gasteiger partial charge in [0.25, 0.3) is 17.1 Å². The summed E-state index contributed by atoms with van der Waals surface area (Å²) in [4.78, 5) is 47.3. The van der Waals surface area contributed by atoms with Gasteiger partial charge in [-0.25, -0.2) is 4.79 Å². The van der Waals surface area contributed by atoms with Crippen LogP contribution in [0.2, 0.25) is 0 Å². The molecular formula is C20H16N4O8. The minimum atomic E-state index is -0.908. The van der Waals surface area contributed by atoms with Crippen LogP contribution < -0.4 is 0 Å². The topological polar surface area (TPSA) is 159 Å². The van der Waals surface area contributed by atoms with Crippen LogP contribution in [0, 0.1) is 30.3 Å².